The number of fused-ring (bicyclic) bond motifs is 1. The molecule has 7 nitrogen and oxygen atoms in total. The molecular formula is C18H19N3O4S2. The molecule has 9 heteroatoms. The first kappa shape index (κ1) is 19.2. The number of hydrogen-bond acceptors (Lipinski definition) is 7. The first-order valence-electron chi connectivity index (χ1n) is 8.59. The largest absolute Gasteiger partial charge is 0.462 e. The third kappa shape index (κ3) is 4.61. The molecule has 0 atom stereocenters. The fourth-order valence-corrected chi connectivity index (χ4v) is 4.66. The number of nitrogens with zero attached hydrogens (tertiary/aromatic N) is 1. The lowest BCUT2D eigenvalue weighted by Crippen LogP contribution is -2.32. The van der Waals surface area contributed by atoms with Crippen molar-refractivity contribution in [3.05, 3.63) is 38.4 Å². The zero-order chi connectivity index (χ0) is 19.2. The molecule has 2 aromatic rings. The van der Waals surface area contributed by atoms with Gasteiger partial charge in [-0.2, -0.15) is 5.10 Å². The Morgan fingerprint density at radius 2 is 2.07 bits per heavy atom. The van der Waals surface area contributed by atoms with Crippen molar-refractivity contribution >= 4 is 51.7 Å². The summed E-state index contributed by atoms with van der Waals surface area (Å²) in [4.78, 5) is 38.5. The van der Waals surface area contributed by atoms with Gasteiger partial charge in [0.15, 0.2) is 0 Å². The molecule has 0 saturated carbocycles. The number of rotatable bonds is 5. The molecule has 1 aliphatic rings. The molecule has 0 fully saturated rings. The summed E-state index contributed by atoms with van der Waals surface area (Å²) >= 11 is 2.79. The number of carbonyl (C=O) groups is 3. The second kappa shape index (κ2) is 8.92. The van der Waals surface area contributed by atoms with E-state index in [4.69, 9.17) is 4.74 Å². The maximum absolute atomic E-state index is 12.4. The summed E-state index contributed by atoms with van der Waals surface area (Å²) in [5, 5.41) is 8.56. The van der Waals surface area contributed by atoms with Crippen LogP contribution in [0.4, 0.5) is 5.00 Å². The predicted octanol–water partition coefficient (Wildman–Crippen LogP) is 2.95. The van der Waals surface area contributed by atoms with Crippen LogP contribution in [0.3, 0.4) is 0 Å². The fraction of sp³-hybridized carbons (Fsp3) is 0.333. The number of aryl methyl sites for hydroxylation is 1. The monoisotopic (exact) mass is 405 g/mol. The van der Waals surface area contributed by atoms with Crippen molar-refractivity contribution in [1.29, 1.82) is 0 Å². The van der Waals surface area contributed by atoms with Gasteiger partial charge in [0, 0.05) is 9.75 Å². The summed E-state index contributed by atoms with van der Waals surface area (Å²) in [7, 11) is 0. The van der Waals surface area contributed by atoms with Gasteiger partial charge in [0.2, 0.25) is 0 Å². The van der Waals surface area contributed by atoms with E-state index in [-0.39, 0.29) is 6.61 Å². The highest BCUT2D eigenvalue weighted by atomic mass is 32.1. The molecule has 2 amide bonds. The van der Waals surface area contributed by atoms with E-state index in [1.165, 1.54) is 28.9 Å². The van der Waals surface area contributed by atoms with Crippen molar-refractivity contribution in [2.75, 3.05) is 11.9 Å². The minimum atomic E-state index is -0.899. The highest BCUT2D eigenvalue weighted by Gasteiger charge is 2.28. The molecule has 2 aromatic heterocycles. The molecule has 3 rings (SSSR count). The topological polar surface area (TPSA) is 96.9 Å². The van der Waals surface area contributed by atoms with Gasteiger partial charge in [-0.1, -0.05) is 6.07 Å². The summed E-state index contributed by atoms with van der Waals surface area (Å²) in [6.45, 7) is 1.97. The van der Waals surface area contributed by atoms with Crippen molar-refractivity contribution in [2.24, 2.45) is 5.10 Å². The van der Waals surface area contributed by atoms with Crippen LogP contribution >= 0.6 is 22.7 Å². The van der Waals surface area contributed by atoms with Gasteiger partial charge in [0.1, 0.15) is 5.00 Å². The zero-order valence-corrected chi connectivity index (χ0v) is 16.4. The highest BCUT2D eigenvalue weighted by molar-refractivity contribution is 7.17. The van der Waals surface area contributed by atoms with Crippen LogP contribution in [0.25, 0.3) is 0 Å². The quantitative estimate of drug-likeness (QED) is 0.346. The summed E-state index contributed by atoms with van der Waals surface area (Å²) in [6, 6.07) is 3.69. The maximum atomic E-state index is 12.4. The molecule has 0 aliphatic heterocycles. The van der Waals surface area contributed by atoms with Crippen molar-refractivity contribution in [1.82, 2.24) is 5.43 Å². The highest BCUT2D eigenvalue weighted by Crippen LogP contribution is 2.38. The average Bonchev–Trinajstić information content (AvgIpc) is 3.28. The summed E-state index contributed by atoms with van der Waals surface area (Å²) in [5.41, 5.74) is 3.49. The Balaban J connectivity index is 1.72. The van der Waals surface area contributed by atoms with Gasteiger partial charge in [0.25, 0.3) is 0 Å². The number of thiophene rings is 2. The van der Waals surface area contributed by atoms with Gasteiger partial charge in [-0.25, -0.2) is 10.2 Å². The van der Waals surface area contributed by atoms with E-state index in [0.29, 0.717) is 10.6 Å². The van der Waals surface area contributed by atoms with Gasteiger partial charge < -0.3 is 10.1 Å². The molecule has 0 radical (unpaired) electrons. The molecule has 27 heavy (non-hydrogen) atoms. The third-order valence-electron chi connectivity index (χ3n) is 3.99. The smallest absolute Gasteiger partial charge is 0.341 e. The number of carbonyl (C=O) groups excluding carboxylic acids is 3. The number of hydrogen-bond donors (Lipinski definition) is 2. The molecule has 142 valence electrons. The number of amides is 2. The van der Waals surface area contributed by atoms with Crippen LogP contribution in [-0.2, 0) is 27.2 Å². The van der Waals surface area contributed by atoms with Crippen molar-refractivity contribution < 1.29 is 19.1 Å². The zero-order valence-electron chi connectivity index (χ0n) is 14.7. The third-order valence-corrected chi connectivity index (χ3v) is 6.00. The van der Waals surface area contributed by atoms with Crippen LogP contribution in [-0.4, -0.2) is 30.6 Å². The Bertz CT molecular complexity index is 872. The molecule has 0 saturated heterocycles. The van der Waals surface area contributed by atoms with Crippen molar-refractivity contribution in [3.8, 4) is 0 Å². The molecule has 0 bridgehead atoms. The second-order valence-electron chi connectivity index (χ2n) is 5.80. The van der Waals surface area contributed by atoms with Crippen molar-refractivity contribution in [2.45, 2.75) is 32.6 Å². The Kier molecular flexibility index (Phi) is 6.36. The standard InChI is InChI=1S/C18H19N3O4S2/c1-2-25-18(24)14-12-7-3-4-8-13(12)27-17(14)20-15(22)16(23)21-19-10-11-6-5-9-26-11/h5-6,9-10H,2-4,7-8H2,1H3,(H,20,22)(H,21,23). The van der Waals surface area contributed by atoms with E-state index >= 15 is 0 Å². The van der Waals surface area contributed by atoms with Crippen LogP contribution < -0.4 is 10.7 Å². The molecule has 2 heterocycles. The summed E-state index contributed by atoms with van der Waals surface area (Å²) in [6.07, 6.45) is 5.12. The summed E-state index contributed by atoms with van der Waals surface area (Å²) < 4.78 is 5.13. The van der Waals surface area contributed by atoms with Crippen LogP contribution in [0, 0.1) is 0 Å². The van der Waals surface area contributed by atoms with E-state index < -0.39 is 17.8 Å². The minimum Gasteiger partial charge on any atom is -0.462 e. The van der Waals surface area contributed by atoms with Gasteiger partial charge in [-0.15, -0.1) is 22.7 Å². The average molecular weight is 406 g/mol. The maximum Gasteiger partial charge on any atom is 0.341 e. The SMILES string of the molecule is CCOC(=O)c1c(NC(=O)C(=O)NN=Cc2cccs2)sc2c1CCCC2. The number of ether oxygens (including phenoxy) is 1. The lowest BCUT2D eigenvalue weighted by molar-refractivity contribution is -0.136. The lowest BCUT2D eigenvalue weighted by atomic mass is 9.95. The van der Waals surface area contributed by atoms with Gasteiger partial charge in [-0.3, -0.25) is 9.59 Å². The second-order valence-corrected chi connectivity index (χ2v) is 7.89. The van der Waals surface area contributed by atoms with E-state index in [0.717, 1.165) is 41.0 Å². The van der Waals surface area contributed by atoms with E-state index in [1.54, 1.807) is 6.92 Å². The minimum absolute atomic E-state index is 0.245. The van der Waals surface area contributed by atoms with Crippen LogP contribution in [0.5, 0.6) is 0 Å². The predicted molar refractivity (Wildman–Crippen MR) is 106 cm³/mol. The number of hydrazone groups is 1. The Hall–Kier alpha value is -2.52. The van der Waals surface area contributed by atoms with E-state index in [2.05, 4.69) is 15.8 Å². The van der Waals surface area contributed by atoms with Gasteiger partial charge in [-0.05, 0) is 49.6 Å². The molecule has 0 unspecified atom stereocenters. The van der Waals surface area contributed by atoms with E-state index in [9.17, 15) is 14.4 Å². The molecule has 2 N–H and O–H groups in total. The van der Waals surface area contributed by atoms with Gasteiger partial charge in [0.05, 0.1) is 18.4 Å². The number of anilines is 1. The Morgan fingerprint density at radius 1 is 1.26 bits per heavy atom. The first-order valence-corrected chi connectivity index (χ1v) is 10.3. The van der Waals surface area contributed by atoms with E-state index in [1.807, 2.05) is 17.5 Å². The molecular weight excluding hydrogens is 386 g/mol. The molecule has 0 aromatic carbocycles. The Morgan fingerprint density at radius 3 is 2.81 bits per heavy atom. The van der Waals surface area contributed by atoms with Crippen LogP contribution in [0.2, 0.25) is 0 Å². The lowest BCUT2D eigenvalue weighted by Gasteiger charge is -2.12. The Labute approximate surface area is 164 Å². The molecule has 1 aliphatic carbocycles. The normalized spacial score (nSPS) is 13.2. The van der Waals surface area contributed by atoms with Crippen LogP contribution in [0.1, 0.15) is 45.4 Å². The summed E-state index contributed by atoms with van der Waals surface area (Å²) in [5.74, 6) is -2.24. The fourth-order valence-electron chi connectivity index (χ4n) is 2.80. The number of esters is 1. The van der Waals surface area contributed by atoms with Gasteiger partial charge >= 0.3 is 17.8 Å². The molecule has 0 spiro atoms. The number of nitrogens with one attached hydrogen (secondary N) is 2. The van der Waals surface area contributed by atoms with Crippen molar-refractivity contribution in [3.63, 3.8) is 0 Å². The van der Waals surface area contributed by atoms with Crippen LogP contribution in [0.15, 0.2) is 22.6 Å². The first-order chi connectivity index (χ1) is 13.1.